The van der Waals surface area contributed by atoms with E-state index in [1.54, 1.807) is 36.4 Å². The predicted molar refractivity (Wildman–Crippen MR) is 584 cm³/mol. The van der Waals surface area contributed by atoms with Crippen molar-refractivity contribution in [1.29, 1.82) is 0 Å². The standard InChI is InChI=1S/C28H37N3O8.C28H37N3O6.C27H23BrNO4P.C19H30N2O5.C6H15O3P.CH4/c1-29(2)10-11-30-12-13-36-14-15-37-16-17-38-18-19-39-27-20-22(5-9-25(27)30)4-6-23-7-8-24(28(32)35-3)21-26(23)31(33)34;1-30(2)8-9-31-10-11-34-12-13-35-14-15-36-16-17-37-27-20-22(6-7-26(27)31)24-18-21-4-5-23(28(32)33-3)19-25(21)29-24;1-33-27(30)21-17-18-22(26(19-21)29(31)32)20-34(28,23-11-5-2-6-12-23,24-13-7-3-8-14-24)25-15-9-4-10-16-25;1-20(2)5-6-21-7-8-23-9-10-24-11-12-25-13-14-26-19-15-17(16-22)3-4-18(19)21;1-4-7-10(8-5-2)9-6-3;/h4-9,20-21H,10-19H2,1-3H3;4-7,18-20,29H,8-17H2,1-3H3;2-19H,20H2,1H3;3-4,15-16H,5-14H2,1-2H3;4-6H2,1-3H3;1H4/b6-4+;;;;;. The molecule has 10 aromatic rings. The van der Waals surface area contributed by atoms with Crippen molar-refractivity contribution < 1.29 is 114 Å². The maximum atomic E-state index is 12.1. The van der Waals surface area contributed by atoms with Gasteiger partial charge in [-0.3, -0.25) is 14.9 Å². The van der Waals surface area contributed by atoms with Gasteiger partial charge in [-0.05, 0) is 147 Å². The van der Waals surface area contributed by atoms with E-state index in [1.165, 1.54) is 45.6 Å². The molecule has 0 aliphatic carbocycles. The van der Waals surface area contributed by atoms with Gasteiger partial charge in [-0.25, -0.2) is 9.59 Å². The molecule has 9 aromatic carbocycles. The summed E-state index contributed by atoms with van der Waals surface area (Å²) in [4.78, 5) is 86.4. The molecule has 38 heteroatoms. The van der Waals surface area contributed by atoms with Crippen LogP contribution in [0.2, 0.25) is 0 Å². The maximum absolute atomic E-state index is 12.1. The van der Waals surface area contributed by atoms with E-state index in [2.05, 4.69) is 129 Å². The number of esters is 3. The van der Waals surface area contributed by atoms with Crippen LogP contribution >= 0.6 is 29.4 Å². The van der Waals surface area contributed by atoms with Crippen LogP contribution in [-0.4, -0.2) is 335 Å². The molecule has 3 aliphatic rings. The van der Waals surface area contributed by atoms with Crippen LogP contribution in [0.1, 0.15) is 86.3 Å². The first-order valence-corrected chi connectivity index (χ1v) is 54.3. The maximum Gasteiger partial charge on any atom is 0.337 e. The third-order valence-electron chi connectivity index (χ3n) is 23.0. The summed E-state index contributed by atoms with van der Waals surface area (Å²) < 4.78 is 98.7. The van der Waals surface area contributed by atoms with Crippen molar-refractivity contribution in [2.75, 3.05) is 296 Å². The van der Waals surface area contributed by atoms with E-state index in [0.29, 0.717) is 205 Å². The predicted octanol–water partition coefficient (Wildman–Crippen LogP) is 16.8. The molecule has 0 saturated carbocycles. The molecule has 0 bridgehead atoms. The van der Waals surface area contributed by atoms with Crippen LogP contribution in [0.25, 0.3) is 34.3 Å². The zero-order chi connectivity index (χ0) is 105. The van der Waals surface area contributed by atoms with Crippen molar-refractivity contribution in [2.24, 2.45) is 0 Å². The molecule has 1 N–H and O–H groups in total. The van der Waals surface area contributed by atoms with E-state index in [0.717, 1.165) is 125 Å². The molecule has 4 heterocycles. The monoisotopic (exact) mass is 2140 g/mol. The van der Waals surface area contributed by atoms with Gasteiger partial charge in [0.1, 0.15) is 43.4 Å². The van der Waals surface area contributed by atoms with Crippen LogP contribution in [-0.2, 0) is 76.6 Å². The van der Waals surface area contributed by atoms with Gasteiger partial charge in [0, 0.05) is 92.7 Å². The molecule has 0 unspecified atom stereocenters. The summed E-state index contributed by atoms with van der Waals surface area (Å²) in [7, 11) is 15.1. The number of hydrogen-bond acceptors (Lipinski definition) is 32. The largest absolute Gasteiger partial charge is 0.489 e. The normalized spacial score (nSPS) is 14.9. The Morgan fingerprint density at radius 1 is 0.415 bits per heavy atom. The summed E-state index contributed by atoms with van der Waals surface area (Å²) in [6.07, 6.45) is 4.61. The third-order valence-corrected chi connectivity index (χ3v) is 33.9. The van der Waals surface area contributed by atoms with Crippen molar-refractivity contribution in [3.63, 3.8) is 0 Å². The molecular weight excluding hydrogens is 1990 g/mol. The van der Waals surface area contributed by atoms with Gasteiger partial charge in [0.2, 0.25) is 0 Å². The first-order chi connectivity index (χ1) is 70.9. The number of nitro groups is 2. The Bertz CT molecular complexity index is 5530. The van der Waals surface area contributed by atoms with E-state index in [1.807, 2.05) is 146 Å². The summed E-state index contributed by atoms with van der Waals surface area (Å²) in [6.45, 7) is 25.7. The Hall–Kier alpha value is -11.3. The number of carbonyl (C=O) groups is 4. The van der Waals surface area contributed by atoms with Gasteiger partial charge in [-0.15, -0.1) is 0 Å². The fourth-order valence-corrected chi connectivity index (χ4v) is 24.0. The molecule has 3 aliphatic heterocycles. The minimum Gasteiger partial charge on any atom is -0.489 e. The van der Waals surface area contributed by atoms with Crippen LogP contribution in [0.15, 0.2) is 206 Å². The molecule has 0 atom stereocenters. The number of fused-ring (bicyclic) bond motifs is 4. The smallest absolute Gasteiger partial charge is 0.337 e. The number of nitro benzene ring substituents is 2. The first-order valence-electron chi connectivity index (χ1n) is 48.7. The summed E-state index contributed by atoms with van der Waals surface area (Å²) in [5.41, 5.74) is 8.49. The Morgan fingerprint density at radius 3 is 1.14 bits per heavy atom. The van der Waals surface area contributed by atoms with Crippen LogP contribution in [0.4, 0.5) is 28.4 Å². The average molecular weight is 2140 g/mol. The van der Waals surface area contributed by atoms with Crippen LogP contribution in [0.3, 0.4) is 0 Å². The van der Waals surface area contributed by atoms with Crippen molar-refractivity contribution in [2.45, 2.75) is 34.4 Å². The van der Waals surface area contributed by atoms with Gasteiger partial charge in [0.15, 0.2) is 0 Å². The number of nitrogens with one attached hydrogen (secondary N) is 1. The van der Waals surface area contributed by atoms with Gasteiger partial charge >= 0.3 is 227 Å². The van der Waals surface area contributed by atoms with E-state index in [-0.39, 0.29) is 35.9 Å². The minimum atomic E-state index is -3.43. The van der Waals surface area contributed by atoms with Crippen molar-refractivity contribution in [3.8, 4) is 28.5 Å². The van der Waals surface area contributed by atoms with Gasteiger partial charge in [-0.2, -0.15) is 0 Å². The fraction of sp³-hybridized carbons (Fsp3) is 0.431. The second-order valence-corrected chi connectivity index (χ2v) is 44.1. The van der Waals surface area contributed by atoms with Crippen molar-refractivity contribution in [1.82, 2.24) is 19.7 Å². The zero-order valence-electron chi connectivity index (χ0n) is 85.9. The molecule has 147 heavy (non-hydrogen) atoms. The number of rotatable bonds is 29. The van der Waals surface area contributed by atoms with Gasteiger partial charge < -0.3 is 114 Å². The molecule has 0 spiro atoms. The Labute approximate surface area is 873 Å². The summed E-state index contributed by atoms with van der Waals surface area (Å²) in [5.74, 6) is 0.571. The number of carbonyl (C=O) groups excluding carboxylic acids is 4. The van der Waals surface area contributed by atoms with Gasteiger partial charge in [0.25, 0.3) is 5.69 Å². The number of halogens is 1. The average Bonchev–Trinajstić information content (AvgIpc) is 0.825. The van der Waals surface area contributed by atoms with Crippen LogP contribution in [0, 0.1) is 20.2 Å². The van der Waals surface area contributed by atoms with Crippen molar-refractivity contribution in [3.05, 3.63) is 265 Å². The molecule has 0 radical (unpaired) electrons. The first kappa shape index (κ1) is 121. The Kier molecular flexibility index (Phi) is 54.4. The van der Waals surface area contributed by atoms with E-state index in [4.69, 9.17) is 79.9 Å². The molecule has 35 nitrogen and oxygen atoms in total. The fourth-order valence-electron chi connectivity index (χ4n) is 15.5. The summed E-state index contributed by atoms with van der Waals surface area (Å²) in [5, 5.41) is 24.5. The SMILES string of the molecule is C.CCOP(OCC)OCC.CN(C)CCN1CCOCCOCCOCCOc2cc(C=O)ccc21.COC(=O)c1ccc(/C=C/c2ccc3c(c2)OCCOCCOCCOCCN3CCN(C)C)c([N+](=O)[O-])c1.COC(=O)c1ccc(CP(Br)(c2ccccc2)(c2ccccc2)c2ccccc2)c([N+](=O)[O-])c1.COC(=O)c1ccc2cc(-c3ccc4c(c3)OCCOCCOCCOCCN4CCN(C)C)[nH]c2c1. The number of anilines is 3. The van der Waals surface area contributed by atoms with E-state index >= 15 is 0 Å². The number of benzene rings is 9. The number of hydrogen-bond donors (Lipinski definition) is 1. The van der Waals surface area contributed by atoms with Crippen molar-refractivity contribution >= 4 is 121 Å². The molecular formula is C109H146BrN9O26P2. The second kappa shape index (κ2) is 66.2. The molecule has 0 amide bonds. The molecule has 0 saturated heterocycles. The number of aldehydes is 1. The number of aromatic amines is 1. The molecule has 800 valence electrons. The number of methoxy groups -OCH3 is 3. The Morgan fingerprint density at radius 2 is 0.762 bits per heavy atom. The topological polar surface area (TPSA) is 356 Å². The van der Waals surface area contributed by atoms with E-state index in [9.17, 15) is 39.4 Å². The Balaban J connectivity index is 0.000000233. The van der Waals surface area contributed by atoms with Crippen LogP contribution in [0.5, 0.6) is 17.2 Å². The number of nitrogens with zero attached hydrogens (tertiary/aromatic N) is 8. The quantitative estimate of drug-likeness (QED) is 0.00865. The van der Waals surface area contributed by atoms with E-state index < -0.39 is 35.7 Å². The minimum absolute atomic E-state index is 0. The third kappa shape index (κ3) is 39.0. The summed E-state index contributed by atoms with van der Waals surface area (Å²) >= 11 is 4.32. The number of aromatic nitrogens is 1. The number of ether oxygens (including phenoxy) is 15. The van der Waals surface area contributed by atoms with Crippen LogP contribution < -0.4 is 44.8 Å². The molecule has 1 aromatic heterocycles. The van der Waals surface area contributed by atoms with Gasteiger partial charge in [-0.1, -0.05) is 31.7 Å². The summed E-state index contributed by atoms with van der Waals surface area (Å²) in [6, 6.07) is 64.2. The molecule has 0 fully saturated rings. The van der Waals surface area contributed by atoms with Gasteiger partial charge in [0.05, 0.1) is 192 Å². The zero-order valence-corrected chi connectivity index (χ0v) is 89.2. The number of H-pyrrole nitrogens is 1. The second-order valence-electron chi connectivity index (χ2n) is 33.9. The number of likely N-dealkylation sites (N-methyl/N-ethyl adjacent to an activating group) is 3. The molecule has 13 rings (SSSR count).